The van der Waals surface area contributed by atoms with Gasteiger partial charge in [0.15, 0.2) is 11.0 Å². The molecule has 31 heavy (non-hydrogen) atoms. The molecule has 0 radical (unpaired) electrons. The minimum absolute atomic E-state index is 0.111. The minimum Gasteiger partial charge on any atom is -0.497 e. The van der Waals surface area contributed by atoms with Gasteiger partial charge in [-0.1, -0.05) is 23.9 Å². The monoisotopic (exact) mass is 438 g/mol. The predicted molar refractivity (Wildman–Crippen MR) is 116 cm³/mol. The molecule has 0 atom stereocenters. The summed E-state index contributed by atoms with van der Waals surface area (Å²) in [6.07, 6.45) is 1.57. The van der Waals surface area contributed by atoms with Crippen molar-refractivity contribution in [3.05, 3.63) is 78.5 Å². The van der Waals surface area contributed by atoms with E-state index in [0.29, 0.717) is 40.3 Å². The Labute approximate surface area is 182 Å². The number of amides is 1. The molecule has 1 amide bonds. The standard InChI is InChI=1S/C22H19FN4O3S/c1-29-16-10-8-15(9-11-16)24-20(28)14-31-22-26-25-21(18-6-2-3-7-19(18)23)27(22)13-17-5-4-12-30-17/h2-12H,13-14H2,1H3,(H,24,28). The number of methoxy groups -OCH3 is 1. The van der Waals surface area contributed by atoms with E-state index in [-0.39, 0.29) is 11.7 Å². The zero-order valence-corrected chi connectivity index (χ0v) is 17.4. The first-order valence-corrected chi connectivity index (χ1v) is 10.4. The number of hydrogen-bond acceptors (Lipinski definition) is 6. The van der Waals surface area contributed by atoms with Crippen molar-refractivity contribution in [2.75, 3.05) is 18.2 Å². The Morgan fingerprint density at radius 3 is 2.65 bits per heavy atom. The molecule has 158 valence electrons. The van der Waals surface area contributed by atoms with Gasteiger partial charge in [-0.25, -0.2) is 4.39 Å². The van der Waals surface area contributed by atoms with Gasteiger partial charge in [0.25, 0.3) is 0 Å². The van der Waals surface area contributed by atoms with Crippen LogP contribution in [-0.4, -0.2) is 33.5 Å². The molecule has 7 nitrogen and oxygen atoms in total. The molecule has 2 aromatic carbocycles. The predicted octanol–water partition coefficient (Wildman–Crippen LogP) is 4.46. The highest BCUT2D eigenvalue weighted by molar-refractivity contribution is 7.99. The molecule has 4 aromatic rings. The van der Waals surface area contributed by atoms with Crippen molar-refractivity contribution in [1.82, 2.24) is 14.8 Å². The zero-order valence-electron chi connectivity index (χ0n) is 16.6. The Hall–Kier alpha value is -3.59. The molecular formula is C22H19FN4O3S. The first kappa shape index (κ1) is 20.7. The lowest BCUT2D eigenvalue weighted by Gasteiger charge is -2.10. The third kappa shape index (κ3) is 4.95. The number of halogens is 1. The molecule has 2 heterocycles. The average molecular weight is 438 g/mol. The lowest BCUT2D eigenvalue weighted by molar-refractivity contribution is -0.113. The second-order valence-electron chi connectivity index (χ2n) is 6.52. The van der Waals surface area contributed by atoms with E-state index in [1.54, 1.807) is 66.5 Å². The number of hydrogen-bond donors (Lipinski definition) is 1. The Morgan fingerprint density at radius 1 is 1.13 bits per heavy atom. The number of aromatic nitrogens is 3. The maximum absolute atomic E-state index is 14.4. The molecule has 1 N–H and O–H groups in total. The quantitative estimate of drug-likeness (QED) is 0.409. The molecule has 0 aliphatic rings. The molecule has 9 heteroatoms. The van der Waals surface area contributed by atoms with E-state index in [4.69, 9.17) is 9.15 Å². The number of anilines is 1. The largest absolute Gasteiger partial charge is 0.497 e. The first-order chi connectivity index (χ1) is 15.1. The minimum atomic E-state index is -0.399. The number of furan rings is 1. The van der Waals surface area contributed by atoms with Crippen LogP contribution in [0.5, 0.6) is 5.75 Å². The fourth-order valence-electron chi connectivity index (χ4n) is 2.94. The lowest BCUT2D eigenvalue weighted by atomic mass is 10.2. The van der Waals surface area contributed by atoms with Crippen molar-refractivity contribution in [3.63, 3.8) is 0 Å². The summed E-state index contributed by atoms with van der Waals surface area (Å²) in [4.78, 5) is 12.4. The molecule has 0 saturated heterocycles. The SMILES string of the molecule is COc1ccc(NC(=O)CSc2nnc(-c3ccccc3F)n2Cc2ccco2)cc1. The van der Waals surface area contributed by atoms with Crippen molar-refractivity contribution in [2.24, 2.45) is 0 Å². The van der Waals surface area contributed by atoms with Crippen molar-refractivity contribution in [1.29, 1.82) is 0 Å². The number of thioether (sulfide) groups is 1. The fraction of sp³-hybridized carbons (Fsp3) is 0.136. The van der Waals surface area contributed by atoms with Gasteiger partial charge in [0.2, 0.25) is 5.91 Å². The number of rotatable bonds is 8. The molecule has 0 aliphatic heterocycles. The molecular weight excluding hydrogens is 419 g/mol. The highest BCUT2D eigenvalue weighted by atomic mass is 32.2. The van der Waals surface area contributed by atoms with E-state index >= 15 is 0 Å². The number of nitrogens with one attached hydrogen (secondary N) is 1. The Bertz CT molecular complexity index is 1160. The second-order valence-corrected chi connectivity index (χ2v) is 7.46. The normalized spacial score (nSPS) is 10.8. The van der Waals surface area contributed by atoms with Crippen LogP contribution in [-0.2, 0) is 11.3 Å². The summed E-state index contributed by atoms with van der Waals surface area (Å²) in [6.45, 7) is 0.312. The van der Waals surface area contributed by atoms with Gasteiger partial charge in [-0.15, -0.1) is 10.2 Å². The Morgan fingerprint density at radius 2 is 1.94 bits per heavy atom. The van der Waals surface area contributed by atoms with E-state index in [1.165, 1.54) is 17.8 Å². The third-order valence-electron chi connectivity index (χ3n) is 4.43. The Balaban J connectivity index is 1.52. The van der Waals surface area contributed by atoms with Gasteiger partial charge in [-0.3, -0.25) is 9.36 Å². The number of carbonyl (C=O) groups excluding carboxylic acids is 1. The summed E-state index contributed by atoms with van der Waals surface area (Å²) < 4.78 is 26.7. The number of carbonyl (C=O) groups is 1. The first-order valence-electron chi connectivity index (χ1n) is 9.41. The number of ether oxygens (including phenoxy) is 1. The van der Waals surface area contributed by atoms with Crippen LogP contribution in [0.2, 0.25) is 0 Å². The highest BCUT2D eigenvalue weighted by Gasteiger charge is 2.19. The molecule has 0 spiro atoms. The van der Waals surface area contributed by atoms with Crippen molar-refractivity contribution < 1.29 is 18.3 Å². The van der Waals surface area contributed by atoms with Crippen LogP contribution in [0, 0.1) is 5.82 Å². The summed E-state index contributed by atoms with van der Waals surface area (Å²) in [5.74, 6) is 1.26. The van der Waals surface area contributed by atoms with E-state index in [9.17, 15) is 9.18 Å². The van der Waals surface area contributed by atoms with Crippen LogP contribution in [0.15, 0.2) is 76.5 Å². The molecule has 0 bridgehead atoms. The van der Waals surface area contributed by atoms with Crippen molar-refractivity contribution in [2.45, 2.75) is 11.7 Å². The van der Waals surface area contributed by atoms with Crippen LogP contribution in [0.25, 0.3) is 11.4 Å². The van der Waals surface area contributed by atoms with Crippen LogP contribution < -0.4 is 10.1 Å². The Kier molecular flexibility index (Phi) is 6.32. The maximum atomic E-state index is 14.4. The molecule has 0 fully saturated rings. The van der Waals surface area contributed by atoms with Crippen molar-refractivity contribution >= 4 is 23.4 Å². The third-order valence-corrected chi connectivity index (χ3v) is 5.40. The van der Waals surface area contributed by atoms with E-state index < -0.39 is 5.82 Å². The van der Waals surface area contributed by atoms with Gasteiger partial charge in [-0.05, 0) is 48.5 Å². The van der Waals surface area contributed by atoms with E-state index in [0.717, 1.165) is 0 Å². The molecule has 2 aromatic heterocycles. The van der Waals surface area contributed by atoms with Crippen LogP contribution in [0.1, 0.15) is 5.76 Å². The second kappa shape index (κ2) is 9.48. The molecule has 0 aliphatic carbocycles. The van der Waals surface area contributed by atoms with Crippen LogP contribution in [0.4, 0.5) is 10.1 Å². The molecule has 0 saturated carbocycles. The summed E-state index contributed by atoms with van der Waals surface area (Å²) in [5.41, 5.74) is 0.992. The van der Waals surface area contributed by atoms with Gasteiger partial charge in [0, 0.05) is 5.69 Å². The summed E-state index contributed by atoms with van der Waals surface area (Å²) in [7, 11) is 1.58. The van der Waals surface area contributed by atoms with Crippen molar-refractivity contribution in [3.8, 4) is 17.1 Å². The van der Waals surface area contributed by atoms with Gasteiger partial charge in [0.1, 0.15) is 17.3 Å². The average Bonchev–Trinajstić information content (AvgIpc) is 3.44. The van der Waals surface area contributed by atoms with E-state index in [1.807, 2.05) is 6.07 Å². The maximum Gasteiger partial charge on any atom is 0.234 e. The van der Waals surface area contributed by atoms with Crippen LogP contribution >= 0.6 is 11.8 Å². The van der Waals surface area contributed by atoms with Gasteiger partial charge < -0.3 is 14.5 Å². The molecule has 0 unspecified atom stereocenters. The summed E-state index contributed by atoms with van der Waals surface area (Å²) >= 11 is 1.21. The van der Waals surface area contributed by atoms with Gasteiger partial charge >= 0.3 is 0 Å². The lowest BCUT2D eigenvalue weighted by Crippen LogP contribution is -2.14. The van der Waals surface area contributed by atoms with Crippen LogP contribution in [0.3, 0.4) is 0 Å². The summed E-state index contributed by atoms with van der Waals surface area (Å²) in [5, 5.41) is 11.7. The molecule has 4 rings (SSSR count). The number of benzene rings is 2. The smallest absolute Gasteiger partial charge is 0.234 e. The topological polar surface area (TPSA) is 82.2 Å². The fourth-order valence-corrected chi connectivity index (χ4v) is 3.68. The van der Waals surface area contributed by atoms with Gasteiger partial charge in [-0.2, -0.15) is 0 Å². The summed E-state index contributed by atoms with van der Waals surface area (Å²) in [6, 6.07) is 17.0. The van der Waals surface area contributed by atoms with Gasteiger partial charge in [0.05, 0.1) is 31.2 Å². The number of nitrogens with zero attached hydrogens (tertiary/aromatic N) is 3. The van der Waals surface area contributed by atoms with E-state index in [2.05, 4.69) is 15.5 Å². The zero-order chi connectivity index (χ0) is 21.6. The highest BCUT2D eigenvalue weighted by Crippen LogP contribution is 2.27.